The van der Waals surface area contributed by atoms with Crippen molar-refractivity contribution in [3.05, 3.63) is 39.7 Å². The Hall–Kier alpha value is -2.10. The molecule has 1 aromatic carbocycles. The Bertz CT molecular complexity index is 637. The van der Waals surface area contributed by atoms with Crippen LogP contribution in [-0.2, 0) is 0 Å². The van der Waals surface area contributed by atoms with Gasteiger partial charge < -0.3 is 9.52 Å². The fraction of sp³-hybridized carbons (Fsp3) is 0.167. The molecular weight excluding hydrogens is 208 g/mol. The molecule has 2 rings (SSSR count). The fourth-order valence-electron chi connectivity index (χ4n) is 1.62. The number of phenols is 1. The van der Waals surface area contributed by atoms with Crippen molar-refractivity contribution in [1.29, 1.82) is 0 Å². The molecule has 0 spiro atoms. The molecule has 0 bridgehead atoms. The number of hydrogen-bond acceptors (Lipinski definition) is 4. The fourth-order valence-corrected chi connectivity index (χ4v) is 1.62. The summed E-state index contributed by atoms with van der Waals surface area (Å²) in [6, 6.07) is 4.40. The van der Waals surface area contributed by atoms with Gasteiger partial charge in [-0.1, -0.05) is 0 Å². The molecule has 0 unspecified atom stereocenters. The van der Waals surface area contributed by atoms with E-state index in [0.717, 1.165) is 5.56 Å². The summed E-state index contributed by atoms with van der Waals surface area (Å²) in [4.78, 5) is 22.6. The SMILES string of the molecule is CC(=O)c1cc2c(C)cc(O)cc2oc1=O. The largest absolute Gasteiger partial charge is 0.508 e. The molecule has 1 N–H and O–H groups in total. The molecule has 1 aromatic heterocycles. The first kappa shape index (κ1) is 10.4. The number of phenolic OH excluding ortho intramolecular Hbond substituents is 1. The van der Waals surface area contributed by atoms with E-state index in [4.69, 9.17) is 4.42 Å². The zero-order valence-corrected chi connectivity index (χ0v) is 8.90. The molecule has 1 heterocycles. The third-order valence-electron chi connectivity index (χ3n) is 2.42. The van der Waals surface area contributed by atoms with Crippen LogP contribution in [0.5, 0.6) is 5.75 Å². The number of hydrogen-bond donors (Lipinski definition) is 1. The van der Waals surface area contributed by atoms with Crippen LogP contribution in [0.25, 0.3) is 11.0 Å². The molecule has 2 aromatic rings. The van der Waals surface area contributed by atoms with Crippen LogP contribution in [0.15, 0.2) is 27.4 Å². The lowest BCUT2D eigenvalue weighted by molar-refractivity contribution is 0.101. The molecule has 0 radical (unpaired) electrons. The Morgan fingerprint density at radius 1 is 1.31 bits per heavy atom. The number of aromatic hydroxyl groups is 1. The quantitative estimate of drug-likeness (QED) is 0.587. The summed E-state index contributed by atoms with van der Waals surface area (Å²) in [5, 5.41) is 10.0. The zero-order valence-electron chi connectivity index (χ0n) is 8.90. The van der Waals surface area contributed by atoms with Gasteiger partial charge in [0.15, 0.2) is 5.78 Å². The van der Waals surface area contributed by atoms with Crippen molar-refractivity contribution in [2.45, 2.75) is 13.8 Å². The first-order valence-electron chi connectivity index (χ1n) is 4.77. The van der Waals surface area contributed by atoms with Crippen LogP contribution >= 0.6 is 0 Å². The molecule has 0 fully saturated rings. The van der Waals surface area contributed by atoms with Crippen LogP contribution < -0.4 is 5.63 Å². The summed E-state index contributed by atoms with van der Waals surface area (Å²) >= 11 is 0. The number of benzene rings is 1. The standard InChI is InChI=1S/C12H10O4/c1-6-3-8(14)4-11-9(6)5-10(7(2)13)12(15)16-11/h3-5,14H,1-2H3. The van der Waals surface area contributed by atoms with Crippen molar-refractivity contribution in [2.24, 2.45) is 0 Å². The third kappa shape index (κ3) is 1.58. The molecule has 82 valence electrons. The van der Waals surface area contributed by atoms with Crippen LogP contribution in [-0.4, -0.2) is 10.9 Å². The highest BCUT2D eigenvalue weighted by molar-refractivity contribution is 5.97. The van der Waals surface area contributed by atoms with E-state index in [9.17, 15) is 14.7 Å². The van der Waals surface area contributed by atoms with E-state index < -0.39 is 5.63 Å². The van der Waals surface area contributed by atoms with E-state index in [1.165, 1.54) is 19.1 Å². The first-order chi connectivity index (χ1) is 7.49. The molecule has 0 amide bonds. The van der Waals surface area contributed by atoms with Crippen molar-refractivity contribution >= 4 is 16.8 Å². The van der Waals surface area contributed by atoms with E-state index in [-0.39, 0.29) is 22.7 Å². The molecular formula is C12H10O4. The zero-order chi connectivity index (χ0) is 11.9. The van der Waals surface area contributed by atoms with Crippen molar-refractivity contribution in [2.75, 3.05) is 0 Å². The minimum Gasteiger partial charge on any atom is -0.508 e. The second-order valence-corrected chi connectivity index (χ2v) is 3.68. The molecule has 16 heavy (non-hydrogen) atoms. The molecule has 0 aliphatic rings. The topological polar surface area (TPSA) is 67.5 Å². The summed E-state index contributed by atoms with van der Waals surface area (Å²) in [5.41, 5.74) is 0.389. The normalized spacial score (nSPS) is 10.6. The van der Waals surface area contributed by atoms with Gasteiger partial charge in [0.25, 0.3) is 0 Å². The Morgan fingerprint density at radius 2 is 2.00 bits per heavy atom. The van der Waals surface area contributed by atoms with Gasteiger partial charge in [0.2, 0.25) is 0 Å². The summed E-state index contributed by atoms with van der Waals surface area (Å²) < 4.78 is 4.98. The van der Waals surface area contributed by atoms with Gasteiger partial charge in [-0.3, -0.25) is 4.79 Å². The van der Waals surface area contributed by atoms with Crippen LogP contribution in [0.2, 0.25) is 0 Å². The van der Waals surface area contributed by atoms with Crippen LogP contribution in [0.4, 0.5) is 0 Å². The Labute approximate surface area is 91.1 Å². The van der Waals surface area contributed by atoms with Crippen molar-refractivity contribution in [3.63, 3.8) is 0 Å². The number of aryl methyl sites for hydroxylation is 1. The van der Waals surface area contributed by atoms with E-state index >= 15 is 0 Å². The van der Waals surface area contributed by atoms with E-state index in [1.807, 2.05) is 0 Å². The second-order valence-electron chi connectivity index (χ2n) is 3.68. The molecule has 0 saturated carbocycles. The molecule has 4 nitrogen and oxygen atoms in total. The van der Waals surface area contributed by atoms with Crippen LogP contribution in [0.3, 0.4) is 0 Å². The highest BCUT2D eigenvalue weighted by atomic mass is 16.4. The lowest BCUT2D eigenvalue weighted by atomic mass is 10.1. The van der Waals surface area contributed by atoms with Crippen LogP contribution in [0.1, 0.15) is 22.8 Å². The molecule has 4 heteroatoms. The van der Waals surface area contributed by atoms with Crippen molar-refractivity contribution in [3.8, 4) is 5.75 Å². The Morgan fingerprint density at radius 3 is 2.62 bits per heavy atom. The number of Topliss-reactive ketones (excluding diaryl/α,β-unsaturated/α-hetero) is 1. The number of carbonyl (C=O) groups is 1. The summed E-state index contributed by atoms with van der Waals surface area (Å²) in [7, 11) is 0. The Kier molecular flexibility index (Phi) is 2.27. The lowest BCUT2D eigenvalue weighted by Gasteiger charge is -2.03. The number of ketones is 1. The predicted molar refractivity (Wildman–Crippen MR) is 58.9 cm³/mol. The summed E-state index contributed by atoms with van der Waals surface area (Å²) in [5.74, 6) is -0.299. The molecule has 0 saturated heterocycles. The van der Waals surface area contributed by atoms with Gasteiger partial charge >= 0.3 is 5.63 Å². The monoisotopic (exact) mass is 218 g/mol. The van der Waals surface area contributed by atoms with Gasteiger partial charge in [0.05, 0.1) is 0 Å². The van der Waals surface area contributed by atoms with Gasteiger partial charge in [0, 0.05) is 11.5 Å². The van der Waals surface area contributed by atoms with Gasteiger partial charge in [-0.25, -0.2) is 4.79 Å². The number of carbonyl (C=O) groups excluding carboxylic acids is 1. The minimum absolute atomic E-state index is 0.0290. The van der Waals surface area contributed by atoms with Gasteiger partial charge in [-0.2, -0.15) is 0 Å². The average Bonchev–Trinajstić information content (AvgIpc) is 2.15. The molecule has 0 aliphatic heterocycles. The minimum atomic E-state index is -0.676. The molecule has 0 atom stereocenters. The number of fused-ring (bicyclic) bond motifs is 1. The first-order valence-corrected chi connectivity index (χ1v) is 4.77. The maximum absolute atomic E-state index is 11.4. The van der Waals surface area contributed by atoms with Gasteiger partial charge in [0.1, 0.15) is 16.9 Å². The predicted octanol–water partition coefficient (Wildman–Crippen LogP) is 2.01. The summed E-state index contributed by atoms with van der Waals surface area (Å²) in [6.07, 6.45) is 0. The highest BCUT2D eigenvalue weighted by Gasteiger charge is 2.11. The number of rotatable bonds is 1. The Balaban J connectivity index is 2.90. The highest BCUT2D eigenvalue weighted by Crippen LogP contribution is 2.23. The van der Waals surface area contributed by atoms with Gasteiger partial charge in [-0.15, -0.1) is 0 Å². The second kappa shape index (κ2) is 3.48. The van der Waals surface area contributed by atoms with E-state index in [0.29, 0.717) is 5.39 Å². The maximum atomic E-state index is 11.4. The van der Waals surface area contributed by atoms with Crippen molar-refractivity contribution in [1.82, 2.24) is 0 Å². The van der Waals surface area contributed by atoms with Gasteiger partial charge in [-0.05, 0) is 31.5 Å². The van der Waals surface area contributed by atoms with E-state index in [1.54, 1.807) is 13.0 Å². The molecule has 0 aliphatic carbocycles. The summed E-state index contributed by atoms with van der Waals surface area (Å²) in [6.45, 7) is 3.08. The van der Waals surface area contributed by atoms with E-state index in [2.05, 4.69) is 0 Å². The van der Waals surface area contributed by atoms with Crippen molar-refractivity contribution < 1.29 is 14.3 Å². The smallest absolute Gasteiger partial charge is 0.347 e. The van der Waals surface area contributed by atoms with Crippen LogP contribution in [0, 0.1) is 6.92 Å². The average molecular weight is 218 g/mol. The third-order valence-corrected chi connectivity index (χ3v) is 2.42. The lowest BCUT2D eigenvalue weighted by Crippen LogP contribution is -2.11. The maximum Gasteiger partial charge on any atom is 0.347 e.